The van der Waals surface area contributed by atoms with Crippen LogP contribution < -0.4 is 39.7 Å². The van der Waals surface area contributed by atoms with Crippen molar-refractivity contribution in [3.63, 3.8) is 0 Å². The average molecular weight is 727 g/mol. The second-order valence-electron chi connectivity index (χ2n) is 13.7. The first-order valence-corrected chi connectivity index (χ1v) is 22.7. The van der Waals surface area contributed by atoms with Crippen molar-refractivity contribution in [1.29, 1.82) is 0 Å². The van der Waals surface area contributed by atoms with Crippen molar-refractivity contribution in [3.05, 3.63) is 95.1 Å². The zero-order valence-electron chi connectivity index (χ0n) is 32.6. The van der Waals surface area contributed by atoms with Gasteiger partial charge in [-0.1, -0.05) is 102 Å². The van der Waals surface area contributed by atoms with Crippen LogP contribution in [0, 0.1) is 27.7 Å². The number of rotatable bonds is 22. The van der Waals surface area contributed by atoms with Gasteiger partial charge in [-0.05, 0) is 99.9 Å². The first kappa shape index (κ1) is 40.2. The summed E-state index contributed by atoms with van der Waals surface area (Å²) in [7, 11) is -5.11. The van der Waals surface area contributed by atoms with E-state index < -0.39 is 18.1 Å². The van der Waals surface area contributed by atoms with Crippen LogP contribution in [0.15, 0.2) is 72.8 Å². The predicted octanol–water partition coefficient (Wildman–Crippen LogP) is 8.03. The summed E-state index contributed by atoms with van der Waals surface area (Å²) in [5.74, 6) is 3.68. The molecule has 0 amide bonds. The second kappa shape index (κ2) is 21.1. The lowest BCUT2D eigenvalue weighted by Crippen LogP contribution is -2.58. The Morgan fingerprint density at radius 2 is 0.608 bits per heavy atom. The van der Waals surface area contributed by atoms with Gasteiger partial charge in [-0.3, -0.25) is 0 Å². The lowest BCUT2D eigenvalue weighted by molar-refractivity contribution is 0.309. The fraction of sp³-hybridized carbons (Fsp3) is 0.455. The van der Waals surface area contributed by atoms with Crippen LogP contribution in [0.3, 0.4) is 0 Å². The Balaban J connectivity index is 2.04. The van der Waals surface area contributed by atoms with Crippen LogP contribution in [0.4, 0.5) is 0 Å². The first-order chi connectivity index (χ1) is 24.9. The molecule has 0 aromatic heterocycles. The van der Waals surface area contributed by atoms with E-state index in [1.165, 1.54) is 43.0 Å². The molecule has 0 unspecified atom stereocenters. The van der Waals surface area contributed by atoms with Crippen molar-refractivity contribution in [1.82, 2.24) is 0 Å². The summed E-state index contributed by atoms with van der Waals surface area (Å²) in [4.78, 5) is 0. The number of unbranched alkanes of at least 4 members (excludes halogenated alkanes) is 4. The van der Waals surface area contributed by atoms with Gasteiger partial charge in [0.05, 0.1) is 26.4 Å². The molecule has 0 spiro atoms. The maximum atomic E-state index is 8.06. The van der Waals surface area contributed by atoms with Gasteiger partial charge in [-0.2, -0.15) is 0 Å². The molecule has 276 valence electrons. The summed E-state index contributed by atoms with van der Waals surface area (Å²) in [6.45, 7) is 20.3. The standard InChI is InChI=1S/C44H62O5Si2/c1-9-13-29-45-37-25-17-21-33(5)41(37)50(42-34(6)22-18-26-38(42)46-30-14-10-2)49-51(43-35(7)23-19-27-39(43)47-31-15-11-3)44-36(8)24-20-28-40(44)48-32-16-12-4/h17-28,50-51H,9-16,29-32H2,1-8H3. The van der Waals surface area contributed by atoms with Crippen molar-refractivity contribution in [2.24, 2.45) is 0 Å². The van der Waals surface area contributed by atoms with E-state index in [9.17, 15) is 0 Å². The van der Waals surface area contributed by atoms with Gasteiger partial charge < -0.3 is 23.1 Å². The summed E-state index contributed by atoms with van der Waals surface area (Å²) < 4.78 is 34.6. The van der Waals surface area contributed by atoms with Crippen LogP contribution in [0.1, 0.15) is 101 Å². The van der Waals surface area contributed by atoms with Gasteiger partial charge in [0, 0.05) is 20.7 Å². The van der Waals surface area contributed by atoms with E-state index in [-0.39, 0.29) is 0 Å². The Bertz CT molecular complexity index is 1420. The van der Waals surface area contributed by atoms with E-state index in [0.29, 0.717) is 26.4 Å². The molecule has 5 nitrogen and oxygen atoms in total. The zero-order chi connectivity index (χ0) is 36.6. The van der Waals surface area contributed by atoms with Gasteiger partial charge in [0.25, 0.3) is 0 Å². The van der Waals surface area contributed by atoms with E-state index in [1.807, 2.05) is 0 Å². The first-order valence-electron chi connectivity index (χ1n) is 19.4. The maximum absolute atomic E-state index is 8.06. The van der Waals surface area contributed by atoms with E-state index in [1.54, 1.807) is 0 Å². The molecular weight excluding hydrogens is 665 g/mol. The average Bonchev–Trinajstić information content (AvgIpc) is 3.11. The summed E-state index contributed by atoms with van der Waals surface area (Å²) in [5, 5.41) is 4.74. The number of benzene rings is 4. The van der Waals surface area contributed by atoms with Gasteiger partial charge >= 0.3 is 0 Å². The molecule has 0 N–H and O–H groups in total. The van der Waals surface area contributed by atoms with Crippen molar-refractivity contribution in [2.45, 2.75) is 107 Å². The van der Waals surface area contributed by atoms with Crippen LogP contribution in [0.25, 0.3) is 0 Å². The molecule has 0 aliphatic heterocycles. The topological polar surface area (TPSA) is 46.2 Å². The van der Waals surface area contributed by atoms with Gasteiger partial charge in [0.2, 0.25) is 18.1 Å². The fourth-order valence-corrected chi connectivity index (χ4v) is 14.1. The van der Waals surface area contributed by atoms with Crippen molar-refractivity contribution < 1.29 is 23.1 Å². The molecule has 4 aromatic rings. The number of aryl methyl sites for hydroxylation is 4. The lowest BCUT2D eigenvalue weighted by Gasteiger charge is -2.32. The monoisotopic (exact) mass is 726 g/mol. The van der Waals surface area contributed by atoms with E-state index in [2.05, 4.69) is 128 Å². The number of ether oxygens (including phenoxy) is 4. The highest BCUT2D eigenvalue weighted by atomic mass is 28.4. The van der Waals surface area contributed by atoms with Crippen LogP contribution in [0.2, 0.25) is 0 Å². The molecule has 0 saturated heterocycles. The molecule has 7 heteroatoms. The van der Waals surface area contributed by atoms with Gasteiger partial charge in [0.15, 0.2) is 0 Å². The molecule has 0 atom stereocenters. The van der Waals surface area contributed by atoms with Crippen molar-refractivity contribution >= 4 is 38.8 Å². The Kier molecular flexibility index (Phi) is 16.7. The molecule has 4 rings (SSSR count). The third kappa shape index (κ3) is 10.7. The van der Waals surface area contributed by atoms with E-state index in [0.717, 1.165) is 74.4 Å². The molecule has 0 fully saturated rings. The quantitative estimate of drug-likeness (QED) is 0.0607. The van der Waals surface area contributed by atoms with E-state index >= 15 is 0 Å². The van der Waals surface area contributed by atoms with Gasteiger partial charge in [-0.25, -0.2) is 0 Å². The minimum Gasteiger partial charge on any atom is -0.494 e. The molecular formula is C44H62O5Si2. The van der Waals surface area contributed by atoms with Crippen molar-refractivity contribution in [2.75, 3.05) is 26.4 Å². The third-order valence-corrected chi connectivity index (χ3v) is 16.7. The highest BCUT2D eigenvalue weighted by Crippen LogP contribution is 2.23. The molecule has 4 aromatic carbocycles. The number of hydrogen-bond acceptors (Lipinski definition) is 5. The zero-order valence-corrected chi connectivity index (χ0v) is 34.9. The molecule has 0 radical (unpaired) electrons. The highest BCUT2D eigenvalue weighted by Gasteiger charge is 2.36. The molecule has 0 aliphatic rings. The molecule has 0 saturated carbocycles. The summed E-state index contributed by atoms with van der Waals surface area (Å²) in [5.41, 5.74) is 4.74. The van der Waals surface area contributed by atoms with Crippen LogP contribution >= 0.6 is 0 Å². The number of hydrogen-bond donors (Lipinski definition) is 0. The van der Waals surface area contributed by atoms with Crippen LogP contribution in [-0.2, 0) is 4.12 Å². The largest absolute Gasteiger partial charge is 0.494 e. The Morgan fingerprint density at radius 1 is 0.373 bits per heavy atom. The molecule has 0 aliphatic carbocycles. The minimum atomic E-state index is -2.56. The molecule has 0 heterocycles. The third-order valence-electron chi connectivity index (χ3n) is 9.48. The predicted molar refractivity (Wildman–Crippen MR) is 220 cm³/mol. The van der Waals surface area contributed by atoms with Crippen LogP contribution in [0.5, 0.6) is 23.0 Å². The van der Waals surface area contributed by atoms with E-state index in [4.69, 9.17) is 23.1 Å². The minimum absolute atomic E-state index is 0.670. The summed E-state index contributed by atoms with van der Waals surface area (Å²) in [6.07, 6.45) is 8.28. The Morgan fingerprint density at radius 3 is 0.824 bits per heavy atom. The van der Waals surface area contributed by atoms with Gasteiger partial charge in [-0.15, -0.1) is 0 Å². The maximum Gasteiger partial charge on any atom is 0.236 e. The molecule has 0 bridgehead atoms. The smallest absolute Gasteiger partial charge is 0.236 e. The normalized spacial score (nSPS) is 11.3. The Labute approximate surface area is 312 Å². The second-order valence-corrected chi connectivity index (χ2v) is 18.6. The van der Waals surface area contributed by atoms with Crippen molar-refractivity contribution in [3.8, 4) is 23.0 Å². The van der Waals surface area contributed by atoms with Crippen LogP contribution in [-0.4, -0.2) is 44.5 Å². The Hall–Kier alpha value is -3.53. The SMILES string of the molecule is CCCCOc1cccc(C)c1[SiH](O[SiH](c1c(C)cccc1OCCCC)c1c(C)cccc1OCCCC)c1c(C)cccc1OCCCC. The lowest BCUT2D eigenvalue weighted by atomic mass is 10.2. The van der Waals surface area contributed by atoms with Gasteiger partial charge in [0.1, 0.15) is 23.0 Å². The summed E-state index contributed by atoms with van der Waals surface area (Å²) >= 11 is 0. The fourth-order valence-electron chi connectivity index (χ4n) is 6.47. The summed E-state index contributed by atoms with van der Waals surface area (Å²) in [6, 6.07) is 25.8. The molecule has 51 heavy (non-hydrogen) atoms. The highest BCUT2D eigenvalue weighted by molar-refractivity contribution is 6.93.